The topological polar surface area (TPSA) is 142 Å². The lowest BCUT2D eigenvalue weighted by atomic mass is 10.7. The van der Waals surface area contributed by atoms with Crippen molar-refractivity contribution in [1.82, 2.24) is 29.8 Å². The smallest absolute Gasteiger partial charge is 0.396 e. The van der Waals surface area contributed by atoms with Gasteiger partial charge in [-0.1, -0.05) is 0 Å². The molecule has 2 heterocycles. The van der Waals surface area contributed by atoms with E-state index in [0.717, 1.165) is 16.4 Å². The highest BCUT2D eigenvalue weighted by Crippen LogP contribution is 2.31. The molecule has 2 aromatic rings. The van der Waals surface area contributed by atoms with Crippen molar-refractivity contribution in [3.05, 3.63) is 16.4 Å². The Morgan fingerprint density at radius 1 is 1.63 bits per heavy atom. The third-order valence-corrected chi connectivity index (χ3v) is 3.15. The standard InChI is InChI=1S/C7H7N7O4S/c1-12-3-8-5(14(17)18)6(12)19-7-9-10-11-13(7)2-4(15)16/h3H,2H2,1H3,(H,15,16). The predicted molar refractivity (Wildman–Crippen MR) is 59.4 cm³/mol. The number of carboxylic acids is 1. The van der Waals surface area contributed by atoms with Crippen LogP contribution in [0.4, 0.5) is 5.82 Å². The van der Waals surface area contributed by atoms with E-state index >= 15 is 0 Å². The maximum absolute atomic E-state index is 10.8. The fourth-order valence-corrected chi connectivity index (χ4v) is 2.10. The number of aryl methyl sites for hydroxylation is 1. The van der Waals surface area contributed by atoms with Crippen molar-refractivity contribution in [2.24, 2.45) is 7.05 Å². The molecule has 0 aliphatic carbocycles. The molecule has 0 aliphatic heterocycles. The summed E-state index contributed by atoms with van der Waals surface area (Å²) in [4.78, 5) is 24.4. The van der Waals surface area contributed by atoms with Gasteiger partial charge in [-0.3, -0.25) is 4.79 Å². The molecule has 1 N–H and O–H groups in total. The highest BCUT2D eigenvalue weighted by Gasteiger charge is 2.23. The van der Waals surface area contributed by atoms with E-state index in [4.69, 9.17) is 5.11 Å². The molecule has 0 aromatic carbocycles. The molecule has 0 amide bonds. The molecule has 0 unspecified atom stereocenters. The second-order valence-corrected chi connectivity index (χ2v) is 4.31. The Labute approximate surface area is 109 Å². The Bertz CT molecular complexity index is 635. The molecule has 0 aliphatic rings. The number of nitro groups is 1. The summed E-state index contributed by atoms with van der Waals surface area (Å²) in [5.41, 5.74) is 0. The van der Waals surface area contributed by atoms with Crippen LogP contribution in [0.5, 0.6) is 0 Å². The number of aromatic nitrogens is 6. The lowest BCUT2D eigenvalue weighted by molar-refractivity contribution is -0.392. The minimum absolute atomic E-state index is 0.133. The summed E-state index contributed by atoms with van der Waals surface area (Å²) in [7, 11) is 1.58. The fraction of sp³-hybridized carbons (Fsp3) is 0.286. The van der Waals surface area contributed by atoms with Crippen LogP contribution >= 0.6 is 11.8 Å². The van der Waals surface area contributed by atoms with E-state index in [0.29, 0.717) is 0 Å². The number of aliphatic carboxylic acids is 1. The molecule has 2 aromatic heterocycles. The zero-order valence-electron chi connectivity index (χ0n) is 9.50. The van der Waals surface area contributed by atoms with E-state index < -0.39 is 17.4 Å². The Morgan fingerprint density at radius 2 is 2.37 bits per heavy atom. The number of carboxylic acid groups (broad SMARTS) is 1. The molecule has 19 heavy (non-hydrogen) atoms. The molecular formula is C7H7N7O4S. The molecular weight excluding hydrogens is 278 g/mol. The summed E-state index contributed by atoms with van der Waals surface area (Å²) >= 11 is 0.873. The maximum Gasteiger partial charge on any atom is 0.396 e. The van der Waals surface area contributed by atoms with Gasteiger partial charge in [-0.05, 0) is 32.1 Å². The molecule has 100 valence electrons. The van der Waals surface area contributed by atoms with Crippen LogP contribution in [0.2, 0.25) is 0 Å². The van der Waals surface area contributed by atoms with Crippen molar-refractivity contribution < 1.29 is 14.8 Å². The van der Waals surface area contributed by atoms with E-state index in [2.05, 4.69) is 20.5 Å². The highest BCUT2D eigenvalue weighted by molar-refractivity contribution is 7.99. The van der Waals surface area contributed by atoms with Gasteiger partial charge in [0.05, 0.1) is 0 Å². The van der Waals surface area contributed by atoms with Gasteiger partial charge in [0.1, 0.15) is 6.54 Å². The summed E-state index contributed by atoms with van der Waals surface area (Å²) in [6, 6.07) is 0. The first-order chi connectivity index (χ1) is 8.99. The third-order valence-electron chi connectivity index (χ3n) is 2.01. The molecule has 0 bridgehead atoms. The Hall–Kier alpha value is -2.50. The van der Waals surface area contributed by atoms with E-state index in [9.17, 15) is 14.9 Å². The number of hydrogen-bond donors (Lipinski definition) is 1. The summed E-state index contributed by atoms with van der Waals surface area (Å²) < 4.78 is 2.46. The average molecular weight is 285 g/mol. The van der Waals surface area contributed by atoms with Gasteiger partial charge in [0.15, 0.2) is 5.03 Å². The maximum atomic E-state index is 10.8. The largest absolute Gasteiger partial charge is 0.480 e. The first-order valence-corrected chi connectivity index (χ1v) is 5.62. The van der Waals surface area contributed by atoms with Crippen LogP contribution < -0.4 is 0 Å². The fourth-order valence-electron chi connectivity index (χ4n) is 1.23. The molecule has 2 rings (SSSR count). The van der Waals surface area contributed by atoms with Crippen molar-refractivity contribution in [2.75, 3.05) is 0 Å². The average Bonchev–Trinajstić information content (AvgIpc) is 2.88. The lowest BCUT2D eigenvalue weighted by Crippen LogP contribution is -2.11. The van der Waals surface area contributed by atoms with Gasteiger partial charge < -0.3 is 19.8 Å². The first-order valence-electron chi connectivity index (χ1n) is 4.80. The zero-order valence-corrected chi connectivity index (χ0v) is 10.3. The van der Waals surface area contributed by atoms with Crippen molar-refractivity contribution in [2.45, 2.75) is 16.7 Å². The zero-order chi connectivity index (χ0) is 14.0. The number of rotatable bonds is 5. The molecule has 0 saturated heterocycles. The minimum Gasteiger partial charge on any atom is -0.480 e. The molecule has 0 saturated carbocycles. The van der Waals surface area contributed by atoms with E-state index in [1.807, 2.05) is 0 Å². The third kappa shape index (κ3) is 2.67. The minimum atomic E-state index is -1.12. The van der Waals surface area contributed by atoms with Gasteiger partial charge in [-0.15, -0.1) is 5.10 Å². The second kappa shape index (κ2) is 5.01. The van der Waals surface area contributed by atoms with E-state index in [1.54, 1.807) is 7.05 Å². The van der Waals surface area contributed by atoms with Crippen LogP contribution in [0.1, 0.15) is 0 Å². The Balaban J connectivity index is 2.31. The van der Waals surface area contributed by atoms with Crippen molar-refractivity contribution in [3.63, 3.8) is 0 Å². The molecule has 11 nitrogen and oxygen atoms in total. The van der Waals surface area contributed by atoms with Gasteiger partial charge >= 0.3 is 11.8 Å². The van der Waals surface area contributed by atoms with Gasteiger partial charge in [0.2, 0.25) is 11.5 Å². The van der Waals surface area contributed by atoms with Gasteiger partial charge in [0.25, 0.3) is 0 Å². The van der Waals surface area contributed by atoms with Crippen LogP contribution in [0.25, 0.3) is 0 Å². The van der Waals surface area contributed by atoms with Crippen molar-refractivity contribution >= 4 is 23.5 Å². The van der Waals surface area contributed by atoms with Crippen LogP contribution in [0, 0.1) is 10.1 Å². The normalized spacial score (nSPS) is 10.6. The van der Waals surface area contributed by atoms with Crippen LogP contribution in [-0.2, 0) is 18.4 Å². The number of nitrogens with zero attached hydrogens (tertiary/aromatic N) is 7. The van der Waals surface area contributed by atoms with Crippen molar-refractivity contribution in [3.8, 4) is 0 Å². The predicted octanol–water partition coefficient (Wildman–Crippen LogP) is -0.449. The van der Waals surface area contributed by atoms with E-state index in [1.165, 1.54) is 10.9 Å². The van der Waals surface area contributed by atoms with Crippen LogP contribution in [0.3, 0.4) is 0 Å². The second-order valence-electron chi connectivity index (χ2n) is 3.36. The quantitative estimate of drug-likeness (QED) is 0.570. The Kier molecular flexibility index (Phi) is 3.41. The number of imidazole rings is 1. The molecule has 0 radical (unpaired) electrons. The van der Waals surface area contributed by atoms with Crippen molar-refractivity contribution in [1.29, 1.82) is 0 Å². The molecule has 0 atom stereocenters. The number of hydrogen-bond acceptors (Lipinski definition) is 8. The first kappa shape index (κ1) is 12.9. The summed E-state index contributed by atoms with van der Waals surface area (Å²) in [6.07, 6.45) is 1.28. The summed E-state index contributed by atoms with van der Waals surface area (Å²) in [6.45, 7) is -0.430. The molecule has 12 heteroatoms. The highest BCUT2D eigenvalue weighted by atomic mass is 32.2. The lowest BCUT2D eigenvalue weighted by Gasteiger charge is -2.01. The number of tetrazole rings is 1. The summed E-state index contributed by atoms with van der Waals surface area (Å²) in [5.74, 6) is -1.45. The molecule has 0 spiro atoms. The van der Waals surface area contributed by atoms with Crippen LogP contribution in [0.15, 0.2) is 16.5 Å². The van der Waals surface area contributed by atoms with Gasteiger partial charge in [-0.2, -0.15) is 0 Å². The van der Waals surface area contributed by atoms with E-state index in [-0.39, 0.29) is 16.0 Å². The Morgan fingerprint density at radius 3 is 3.00 bits per heavy atom. The van der Waals surface area contributed by atoms with Gasteiger partial charge in [0, 0.05) is 7.05 Å². The number of carbonyl (C=O) groups is 1. The summed E-state index contributed by atoms with van der Waals surface area (Å²) in [5, 5.41) is 30.3. The molecule has 0 fully saturated rings. The SMILES string of the molecule is Cn1cnc([N+](=O)[O-])c1Sc1nnnn1CC(=O)O. The van der Waals surface area contributed by atoms with Gasteiger partial charge in [-0.25, -0.2) is 4.68 Å². The monoisotopic (exact) mass is 285 g/mol. The van der Waals surface area contributed by atoms with Crippen LogP contribution in [-0.4, -0.2) is 45.8 Å².